The fraction of sp³-hybridized carbons (Fsp3) is 0.263. The first-order chi connectivity index (χ1) is 11.5. The number of amides is 1. The summed E-state index contributed by atoms with van der Waals surface area (Å²) in [6, 6.07) is 11.9. The van der Waals surface area contributed by atoms with Crippen LogP contribution in [0.15, 0.2) is 47.6 Å². The number of carbonyl (C=O) groups excluding carboxylic acids is 1. The maximum atomic E-state index is 13.0. The van der Waals surface area contributed by atoms with Crippen molar-refractivity contribution in [1.82, 2.24) is 5.43 Å². The minimum absolute atomic E-state index is 0.135. The number of hydrogen-bond donors (Lipinski definition) is 1. The van der Waals surface area contributed by atoms with Gasteiger partial charge in [0, 0.05) is 0 Å². The van der Waals surface area contributed by atoms with Gasteiger partial charge in [-0.1, -0.05) is 38.1 Å². The molecule has 5 heteroatoms. The zero-order valence-electron chi connectivity index (χ0n) is 14.0. The molecule has 1 N–H and O–H groups in total. The molecule has 0 aliphatic heterocycles. The second kappa shape index (κ2) is 8.24. The summed E-state index contributed by atoms with van der Waals surface area (Å²) in [7, 11) is 0. The monoisotopic (exact) mass is 328 g/mol. The van der Waals surface area contributed by atoms with Gasteiger partial charge in [-0.3, -0.25) is 4.79 Å². The van der Waals surface area contributed by atoms with Crippen molar-refractivity contribution in [2.24, 2.45) is 5.10 Å². The van der Waals surface area contributed by atoms with E-state index in [2.05, 4.69) is 24.4 Å². The standard InChI is InChI=1S/C19H21FN2O2/c1-13(2)17-8-7-14(3)9-18(17)24-12-19(23)22-21-11-15-5-4-6-16(20)10-15/h4-11,13H,12H2,1-3H3,(H,22,23)/b21-11+. The third kappa shape index (κ3) is 5.19. The lowest BCUT2D eigenvalue weighted by Gasteiger charge is -2.14. The van der Waals surface area contributed by atoms with Gasteiger partial charge in [0.2, 0.25) is 0 Å². The second-order valence-electron chi connectivity index (χ2n) is 5.83. The number of aryl methyl sites for hydroxylation is 1. The van der Waals surface area contributed by atoms with Crippen LogP contribution in [0.5, 0.6) is 5.75 Å². The fourth-order valence-electron chi connectivity index (χ4n) is 2.18. The minimum atomic E-state index is -0.376. The number of rotatable bonds is 6. The molecule has 2 aromatic rings. The summed E-state index contributed by atoms with van der Waals surface area (Å²) in [5, 5.41) is 3.80. The van der Waals surface area contributed by atoms with E-state index in [4.69, 9.17) is 4.74 Å². The van der Waals surface area contributed by atoms with Gasteiger partial charge < -0.3 is 4.74 Å². The Balaban J connectivity index is 1.91. The Morgan fingerprint density at radius 3 is 2.79 bits per heavy atom. The van der Waals surface area contributed by atoms with Gasteiger partial charge >= 0.3 is 0 Å². The van der Waals surface area contributed by atoms with E-state index in [-0.39, 0.29) is 18.3 Å². The average molecular weight is 328 g/mol. The van der Waals surface area contributed by atoms with Crippen LogP contribution in [0.3, 0.4) is 0 Å². The van der Waals surface area contributed by atoms with Gasteiger partial charge in [0.05, 0.1) is 6.21 Å². The van der Waals surface area contributed by atoms with E-state index < -0.39 is 0 Å². The number of nitrogens with zero attached hydrogens (tertiary/aromatic N) is 1. The minimum Gasteiger partial charge on any atom is -0.483 e. The molecule has 2 rings (SSSR count). The number of ether oxygens (including phenoxy) is 1. The molecule has 1 amide bonds. The van der Waals surface area contributed by atoms with E-state index in [0.717, 1.165) is 11.1 Å². The summed E-state index contributed by atoms with van der Waals surface area (Å²) in [4.78, 5) is 11.8. The zero-order chi connectivity index (χ0) is 17.5. The van der Waals surface area contributed by atoms with Crippen molar-refractivity contribution < 1.29 is 13.9 Å². The quantitative estimate of drug-likeness (QED) is 0.648. The van der Waals surface area contributed by atoms with Gasteiger partial charge in [-0.25, -0.2) is 9.82 Å². The summed E-state index contributed by atoms with van der Waals surface area (Å²) < 4.78 is 18.6. The number of hydrazone groups is 1. The Morgan fingerprint density at radius 1 is 1.29 bits per heavy atom. The lowest BCUT2D eigenvalue weighted by molar-refractivity contribution is -0.123. The molecule has 24 heavy (non-hydrogen) atoms. The Hall–Kier alpha value is -2.69. The molecule has 0 heterocycles. The van der Waals surface area contributed by atoms with Gasteiger partial charge in [0.25, 0.3) is 5.91 Å². The molecular formula is C19H21FN2O2. The maximum Gasteiger partial charge on any atom is 0.277 e. The molecule has 0 atom stereocenters. The number of benzene rings is 2. The first kappa shape index (κ1) is 17.7. The third-order valence-corrected chi connectivity index (χ3v) is 3.40. The first-order valence-corrected chi connectivity index (χ1v) is 7.76. The molecule has 0 saturated carbocycles. The predicted octanol–water partition coefficient (Wildman–Crippen LogP) is 3.79. The molecule has 2 aromatic carbocycles. The van der Waals surface area contributed by atoms with Crippen LogP contribution in [0.1, 0.15) is 36.5 Å². The highest BCUT2D eigenvalue weighted by atomic mass is 19.1. The SMILES string of the molecule is Cc1ccc(C(C)C)c(OCC(=O)N/N=C/c2cccc(F)c2)c1. The summed E-state index contributed by atoms with van der Waals surface area (Å²) in [5.74, 6) is 0.275. The summed E-state index contributed by atoms with van der Waals surface area (Å²) >= 11 is 0. The van der Waals surface area contributed by atoms with Crippen LogP contribution in [0.4, 0.5) is 4.39 Å². The normalized spacial score (nSPS) is 11.0. The lowest BCUT2D eigenvalue weighted by Crippen LogP contribution is -2.25. The smallest absolute Gasteiger partial charge is 0.277 e. The number of hydrogen-bond acceptors (Lipinski definition) is 3. The highest BCUT2D eigenvalue weighted by molar-refractivity contribution is 5.82. The third-order valence-electron chi connectivity index (χ3n) is 3.40. The van der Waals surface area contributed by atoms with Gasteiger partial charge in [0.15, 0.2) is 6.61 Å². The van der Waals surface area contributed by atoms with Crippen LogP contribution >= 0.6 is 0 Å². The zero-order valence-corrected chi connectivity index (χ0v) is 14.0. The number of carbonyl (C=O) groups is 1. The highest BCUT2D eigenvalue weighted by Crippen LogP contribution is 2.27. The highest BCUT2D eigenvalue weighted by Gasteiger charge is 2.10. The fourth-order valence-corrected chi connectivity index (χ4v) is 2.18. The van der Waals surface area contributed by atoms with Crippen LogP contribution in [-0.4, -0.2) is 18.7 Å². The Bertz CT molecular complexity index is 742. The van der Waals surface area contributed by atoms with E-state index >= 15 is 0 Å². The van der Waals surface area contributed by atoms with E-state index in [0.29, 0.717) is 17.2 Å². The van der Waals surface area contributed by atoms with Crippen molar-refractivity contribution >= 4 is 12.1 Å². The molecule has 0 unspecified atom stereocenters. The van der Waals surface area contributed by atoms with Crippen molar-refractivity contribution in [2.75, 3.05) is 6.61 Å². The largest absolute Gasteiger partial charge is 0.483 e. The van der Waals surface area contributed by atoms with Crippen LogP contribution in [0.2, 0.25) is 0 Å². The molecule has 0 aromatic heterocycles. The molecule has 0 bridgehead atoms. The average Bonchev–Trinajstić information content (AvgIpc) is 2.53. The predicted molar refractivity (Wildman–Crippen MR) is 92.9 cm³/mol. The van der Waals surface area contributed by atoms with Crippen molar-refractivity contribution in [1.29, 1.82) is 0 Å². The van der Waals surface area contributed by atoms with Gasteiger partial charge in [-0.05, 0) is 47.7 Å². The van der Waals surface area contributed by atoms with Gasteiger partial charge in [0.1, 0.15) is 11.6 Å². The lowest BCUT2D eigenvalue weighted by atomic mass is 10.0. The molecule has 4 nitrogen and oxygen atoms in total. The molecule has 0 spiro atoms. The number of halogens is 1. The Labute approximate surface area is 141 Å². The Kier molecular flexibility index (Phi) is 6.07. The van der Waals surface area contributed by atoms with E-state index in [1.807, 2.05) is 25.1 Å². The van der Waals surface area contributed by atoms with E-state index in [9.17, 15) is 9.18 Å². The van der Waals surface area contributed by atoms with Crippen LogP contribution in [-0.2, 0) is 4.79 Å². The second-order valence-corrected chi connectivity index (χ2v) is 5.83. The van der Waals surface area contributed by atoms with E-state index in [1.54, 1.807) is 12.1 Å². The van der Waals surface area contributed by atoms with E-state index in [1.165, 1.54) is 18.3 Å². The molecule has 0 saturated heterocycles. The molecule has 0 aliphatic rings. The van der Waals surface area contributed by atoms with Crippen LogP contribution in [0.25, 0.3) is 0 Å². The molecule has 126 valence electrons. The van der Waals surface area contributed by atoms with Crippen LogP contribution < -0.4 is 10.2 Å². The number of nitrogens with one attached hydrogen (secondary N) is 1. The summed E-state index contributed by atoms with van der Waals surface area (Å²) in [5.41, 5.74) is 5.05. The summed E-state index contributed by atoms with van der Waals surface area (Å²) in [6.45, 7) is 5.98. The van der Waals surface area contributed by atoms with Gasteiger partial charge in [-0.15, -0.1) is 0 Å². The molecular weight excluding hydrogens is 307 g/mol. The first-order valence-electron chi connectivity index (χ1n) is 7.76. The maximum absolute atomic E-state index is 13.0. The molecule has 0 fully saturated rings. The Morgan fingerprint density at radius 2 is 2.08 bits per heavy atom. The van der Waals surface area contributed by atoms with Crippen molar-refractivity contribution in [3.05, 3.63) is 65.0 Å². The van der Waals surface area contributed by atoms with Crippen molar-refractivity contribution in [3.63, 3.8) is 0 Å². The topological polar surface area (TPSA) is 50.7 Å². The molecule has 0 radical (unpaired) electrons. The van der Waals surface area contributed by atoms with Crippen molar-refractivity contribution in [3.8, 4) is 5.75 Å². The van der Waals surface area contributed by atoms with Crippen LogP contribution in [0, 0.1) is 12.7 Å². The van der Waals surface area contributed by atoms with Crippen molar-refractivity contribution in [2.45, 2.75) is 26.7 Å². The molecule has 0 aliphatic carbocycles. The van der Waals surface area contributed by atoms with Gasteiger partial charge in [-0.2, -0.15) is 5.10 Å². The summed E-state index contributed by atoms with van der Waals surface area (Å²) in [6.07, 6.45) is 1.38.